The van der Waals surface area contributed by atoms with Gasteiger partial charge in [0.1, 0.15) is 5.82 Å². The molecule has 1 N–H and O–H groups in total. The van der Waals surface area contributed by atoms with E-state index in [2.05, 4.69) is 9.36 Å². The molecule has 1 saturated heterocycles. The highest BCUT2D eigenvalue weighted by Gasteiger charge is 2.33. The molecular formula is C12H19N3O2S. The summed E-state index contributed by atoms with van der Waals surface area (Å²) in [7, 11) is 1.98. The van der Waals surface area contributed by atoms with Gasteiger partial charge in [0, 0.05) is 57.1 Å². The molecule has 5 nitrogen and oxygen atoms in total. The summed E-state index contributed by atoms with van der Waals surface area (Å²) in [6.07, 6.45) is 3.85. The van der Waals surface area contributed by atoms with Gasteiger partial charge in [-0.2, -0.15) is 4.37 Å². The number of likely N-dealkylation sites (N-methyl/N-ethyl adjacent to an activating group) is 1. The number of hydrogen-bond donors (Lipinski definition) is 1. The second kappa shape index (κ2) is 4.75. The van der Waals surface area contributed by atoms with Crippen molar-refractivity contribution in [3.8, 4) is 0 Å². The van der Waals surface area contributed by atoms with Gasteiger partial charge in [-0.05, 0) is 12.8 Å². The molecule has 0 atom stereocenters. The first kappa shape index (κ1) is 12.3. The molecule has 1 aromatic heterocycles. The molecule has 1 aliphatic heterocycles. The van der Waals surface area contributed by atoms with Crippen molar-refractivity contribution in [2.75, 3.05) is 31.7 Å². The van der Waals surface area contributed by atoms with Crippen LogP contribution in [0.1, 0.15) is 37.4 Å². The lowest BCUT2D eigenvalue weighted by molar-refractivity contribution is -0.0572. The molecule has 0 radical (unpaired) electrons. The van der Waals surface area contributed by atoms with Gasteiger partial charge in [-0.1, -0.05) is 0 Å². The van der Waals surface area contributed by atoms with Crippen LogP contribution in [0.25, 0.3) is 0 Å². The van der Waals surface area contributed by atoms with Crippen molar-refractivity contribution in [2.24, 2.45) is 0 Å². The molecule has 0 amide bonds. The number of aliphatic hydroxyl groups is 1. The molecule has 1 aromatic rings. The lowest BCUT2D eigenvalue weighted by atomic mass is 9.94. The van der Waals surface area contributed by atoms with Gasteiger partial charge < -0.3 is 14.7 Å². The fourth-order valence-corrected chi connectivity index (χ4v) is 3.01. The van der Waals surface area contributed by atoms with Gasteiger partial charge in [-0.3, -0.25) is 0 Å². The van der Waals surface area contributed by atoms with Crippen molar-refractivity contribution < 1.29 is 9.84 Å². The molecule has 1 saturated carbocycles. The van der Waals surface area contributed by atoms with Gasteiger partial charge in [0.25, 0.3) is 0 Å². The Hall–Kier alpha value is -0.720. The van der Waals surface area contributed by atoms with Crippen molar-refractivity contribution in [1.82, 2.24) is 9.36 Å². The van der Waals surface area contributed by atoms with Crippen molar-refractivity contribution in [3.63, 3.8) is 0 Å². The van der Waals surface area contributed by atoms with Crippen LogP contribution >= 0.6 is 11.5 Å². The van der Waals surface area contributed by atoms with Gasteiger partial charge in [-0.15, -0.1) is 0 Å². The van der Waals surface area contributed by atoms with Crippen molar-refractivity contribution in [1.29, 1.82) is 0 Å². The number of anilines is 1. The van der Waals surface area contributed by atoms with Gasteiger partial charge >= 0.3 is 0 Å². The Bertz CT molecular complexity index is 413. The van der Waals surface area contributed by atoms with Crippen LogP contribution in [0.4, 0.5) is 5.13 Å². The second-order valence-electron chi connectivity index (χ2n) is 5.40. The summed E-state index contributed by atoms with van der Waals surface area (Å²) in [5, 5.41) is 11.4. The van der Waals surface area contributed by atoms with Crippen LogP contribution in [0, 0.1) is 0 Å². The maximum atomic E-state index is 10.5. The zero-order valence-electron chi connectivity index (χ0n) is 10.6. The number of ether oxygens (including phenoxy) is 1. The number of aromatic nitrogens is 2. The van der Waals surface area contributed by atoms with Gasteiger partial charge in [0.2, 0.25) is 5.13 Å². The summed E-state index contributed by atoms with van der Waals surface area (Å²) in [5.41, 5.74) is -0.640. The number of nitrogens with zero attached hydrogens (tertiary/aromatic N) is 3. The molecule has 6 heteroatoms. The maximum absolute atomic E-state index is 10.5. The Morgan fingerprint density at radius 1 is 1.44 bits per heavy atom. The van der Waals surface area contributed by atoms with E-state index in [1.165, 1.54) is 24.4 Å². The Kier molecular flexibility index (Phi) is 3.25. The third-order valence-electron chi connectivity index (χ3n) is 3.66. The molecule has 3 rings (SSSR count). The van der Waals surface area contributed by atoms with E-state index in [1.54, 1.807) is 0 Å². The molecule has 0 aromatic carbocycles. The SMILES string of the molecule is CN(CC1(O)CCOCC1)c1nc(C2CC2)ns1. The minimum Gasteiger partial charge on any atom is -0.388 e. The van der Waals surface area contributed by atoms with Crippen molar-refractivity contribution in [2.45, 2.75) is 37.2 Å². The first-order chi connectivity index (χ1) is 8.66. The standard InChI is InChI=1S/C12H19N3O2S/c1-15(8-12(16)4-6-17-7-5-12)11-13-10(14-18-11)9-2-3-9/h9,16H,2-8H2,1H3. The van der Waals surface area contributed by atoms with E-state index in [-0.39, 0.29) is 0 Å². The fraction of sp³-hybridized carbons (Fsp3) is 0.833. The maximum Gasteiger partial charge on any atom is 0.205 e. The fourth-order valence-electron chi connectivity index (χ4n) is 2.31. The minimum absolute atomic E-state index is 0.592. The van der Waals surface area contributed by atoms with Crippen molar-refractivity contribution in [3.05, 3.63) is 5.82 Å². The van der Waals surface area contributed by atoms with Gasteiger partial charge in [0.15, 0.2) is 0 Å². The molecule has 0 unspecified atom stereocenters. The Morgan fingerprint density at radius 2 is 2.17 bits per heavy atom. The first-order valence-electron chi connectivity index (χ1n) is 6.51. The normalized spacial score (nSPS) is 23.0. The zero-order valence-corrected chi connectivity index (χ0v) is 11.4. The van der Waals surface area contributed by atoms with Crippen LogP contribution in [-0.4, -0.2) is 46.9 Å². The third kappa shape index (κ3) is 2.65. The molecular weight excluding hydrogens is 250 g/mol. The van der Waals surface area contributed by atoms with Crippen LogP contribution in [0.15, 0.2) is 0 Å². The number of rotatable bonds is 4. The Balaban J connectivity index is 1.63. The first-order valence-corrected chi connectivity index (χ1v) is 7.28. The van der Waals surface area contributed by atoms with Crippen LogP contribution in [-0.2, 0) is 4.74 Å². The van der Waals surface area contributed by atoms with Crippen molar-refractivity contribution >= 4 is 16.7 Å². The predicted octanol–water partition coefficient (Wildman–Crippen LogP) is 1.39. The summed E-state index contributed by atoms with van der Waals surface area (Å²) in [5.74, 6) is 1.58. The quantitative estimate of drug-likeness (QED) is 0.895. The van der Waals surface area contributed by atoms with E-state index in [0.717, 1.165) is 11.0 Å². The average molecular weight is 269 g/mol. The zero-order chi connectivity index (χ0) is 12.6. The van der Waals surface area contributed by atoms with Crippen LogP contribution in [0.5, 0.6) is 0 Å². The molecule has 2 heterocycles. The predicted molar refractivity (Wildman–Crippen MR) is 70.2 cm³/mol. The number of hydrogen-bond acceptors (Lipinski definition) is 6. The van der Waals surface area contributed by atoms with E-state index < -0.39 is 5.60 Å². The minimum atomic E-state index is -0.640. The van der Waals surface area contributed by atoms with E-state index in [1.807, 2.05) is 11.9 Å². The summed E-state index contributed by atoms with van der Waals surface area (Å²) in [6, 6.07) is 0. The van der Waals surface area contributed by atoms with E-state index >= 15 is 0 Å². The monoisotopic (exact) mass is 269 g/mol. The second-order valence-corrected chi connectivity index (χ2v) is 6.13. The highest BCUT2D eigenvalue weighted by Crippen LogP contribution is 2.39. The summed E-state index contributed by atoms with van der Waals surface area (Å²) < 4.78 is 9.69. The summed E-state index contributed by atoms with van der Waals surface area (Å²) in [6.45, 7) is 1.90. The molecule has 1 aliphatic carbocycles. The third-order valence-corrected chi connectivity index (χ3v) is 4.50. The van der Waals surface area contributed by atoms with E-state index in [4.69, 9.17) is 4.74 Å². The lowest BCUT2D eigenvalue weighted by Gasteiger charge is -2.35. The smallest absolute Gasteiger partial charge is 0.205 e. The summed E-state index contributed by atoms with van der Waals surface area (Å²) >= 11 is 1.44. The van der Waals surface area contributed by atoms with Crippen LogP contribution in [0.3, 0.4) is 0 Å². The Morgan fingerprint density at radius 3 is 2.83 bits per heavy atom. The van der Waals surface area contributed by atoms with Crippen LogP contribution < -0.4 is 4.90 Å². The van der Waals surface area contributed by atoms with E-state index in [9.17, 15) is 5.11 Å². The Labute approximate surface area is 111 Å². The molecule has 18 heavy (non-hydrogen) atoms. The van der Waals surface area contributed by atoms with Gasteiger partial charge in [-0.25, -0.2) is 4.98 Å². The average Bonchev–Trinajstić information content (AvgIpc) is 3.07. The largest absolute Gasteiger partial charge is 0.388 e. The summed E-state index contributed by atoms with van der Waals surface area (Å²) in [4.78, 5) is 6.58. The molecule has 2 aliphatic rings. The molecule has 0 bridgehead atoms. The molecule has 100 valence electrons. The molecule has 0 spiro atoms. The van der Waals surface area contributed by atoms with Crippen LogP contribution in [0.2, 0.25) is 0 Å². The highest BCUT2D eigenvalue weighted by molar-refractivity contribution is 7.09. The van der Waals surface area contributed by atoms with E-state index in [0.29, 0.717) is 38.5 Å². The van der Waals surface area contributed by atoms with Gasteiger partial charge in [0.05, 0.1) is 5.60 Å². The lowest BCUT2D eigenvalue weighted by Crippen LogP contribution is -2.45. The molecule has 2 fully saturated rings. The topological polar surface area (TPSA) is 58.5 Å². The highest BCUT2D eigenvalue weighted by atomic mass is 32.1.